The number of nitrogens with one attached hydrogen (secondary N) is 1. The van der Waals surface area contributed by atoms with Gasteiger partial charge in [0.15, 0.2) is 0 Å². The van der Waals surface area contributed by atoms with E-state index in [0.717, 1.165) is 22.3 Å². The summed E-state index contributed by atoms with van der Waals surface area (Å²) in [4.78, 5) is 4.53. The average molecular weight is 193 g/mol. The molecule has 0 unspecified atom stereocenters. The highest BCUT2D eigenvalue weighted by atomic mass is 15.0. The summed E-state index contributed by atoms with van der Waals surface area (Å²) < 4.78 is 0. The number of anilines is 1. The molecule has 1 aliphatic rings. The van der Waals surface area contributed by atoms with Gasteiger partial charge in [0.2, 0.25) is 0 Å². The molecule has 2 aromatic rings. The quantitative estimate of drug-likeness (QED) is 0.695. The van der Waals surface area contributed by atoms with E-state index in [-0.39, 0.29) is 0 Å². The van der Waals surface area contributed by atoms with Gasteiger partial charge in [0.25, 0.3) is 0 Å². The Balaban J connectivity index is 2.31. The molecule has 0 atom stereocenters. The molecule has 1 aromatic carbocycles. The van der Waals surface area contributed by atoms with E-state index in [1.54, 1.807) is 0 Å². The number of benzene rings is 1. The molecule has 1 N–H and O–H groups in total. The largest absolute Gasteiger partial charge is 0.346 e. The van der Waals surface area contributed by atoms with Crippen molar-refractivity contribution in [3.8, 4) is 0 Å². The minimum atomic E-state index is 0.895. The maximum absolute atomic E-state index is 4.53. The van der Waals surface area contributed by atoms with Crippen molar-refractivity contribution in [1.82, 2.24) is 4.98 Å². The van der Waals surface area contributed by atoms with E-state index in [4.69, 9.17) is 0 Å². The van der Waals surface area contributed by atoms with E-state index in [9.17, 15) is 0 Å². The number of pyridine rings is 1. The number of nitrogens with zero attached hydrogens (tertiary/aromatic N) is 1. The van der Waals surface area contributed by atoms with Gasteiger partial charge in [-0.2, -0.15) is 0 Å². The molecule has 0 saturated carbocycles. The first-order chi connectivity index (χ1) is 7.43. The topological polar surface area (TPSA) is 24.9 Å². The van der Waals surface area contributed by atoms with Crippen molar-refractivity contribution in [3.63, 3.8) is 0 Å². The Morgan fingerprint density at radius 1 is 1.27 bits per heavy atom. The Bertz CT molecular complexity index is 568. The first-order valence-electron chi connectivity index (χ1n) is 4.84. The van der Waals surface area contributed by atoms with Crippen molar-refractivity contribution < 1.29 is 0 Å². The summed E-state index contributed by atoms with van der Waals surface area (Å²) in [5.74, 6) is 0.895. The maximum Gasteiger partial charge on any atom is 0.137 e. The van der Waals surface area contributed by atoms with Crippen molar-refractivity contribution in [3.05, 3.63) is 54.2 Å². The van der Waals surface area contributed by atoms with Crippen LogP contribution in [0.4, 0.5) is 5.82 Å². The van der Waals surface area contributed by atoms with Gasteiger partial charge >= 0.3 is 0 Å². The molecule has 71 valence electrons. The molecule has 3 rings (SSSR count). The zero-order valence-electron chi connectivity index (χ0n) is 8.07. The second kappa shape index (κ2) is 3.24. The smallest absolute Gasteiger partial charge is 0.137 e. The highest BCUT2D eigenvalue weighted by molar-refractivity contribution is 5.85. The van der Waals surface area contributed by atoms with Crippen LogP contribution in [0.25, 0.3) is 17.0 Å². The van der Waals surface area contributed by atoms with Crippen LogP contribution in [0.2, 0.25) is 0 Å². The zero-order chi connectivity index (χ0) is 10.1. The fraction of sp³-hybridized carbons (Fsp3) is 0. The fourth-order valence-electron chi connectivity index (χ4n) is 1.66. The molecule has 0 fully saturated rings. The molecule has 0 bridgehead atoms. The number of hydrogen-bond donors (Lipinski definition) is 1. The minimum Gasteiger partial charge on any atom is -0.346 e. The van der Waals surface area contributed by atoms with Crippen molar-refractivity contribution in [2.45, 2.75) is 0 Å². The van der Waals surface area contributed by atoms with E-state index in [2.05, 4.69) is 28.5 Å². The summed E-state index contributed by atoms with van der Waals surface area (Å²) in [6, 6.07) is 11.0. The zero-order valence-corrected chi connectivity index (χ0v) is 8.07. The minimum absolute atomic E-state index is 0.895. The number of aromatic nitrogens is 1. The first kappa shape index (κ1) is 8.24. The van der Waals surface area contributed by atoms with Gasteiger partial charge in [0.1, 0.15) is 5.82 Å². The van der Waals surface area contributed by atoms with Gasteiger partial charge < -0.3 is 5.32 Å². The van der Waals surface area contributed by atoms with Crippen molar-refractivity contribution in [2.24, 2.45) is 0 Å². The summed E-state index contributed by atoms with van der Waals surface area (Å²) in [5.41, 5.74) is 2.08. The Morgan fingerprint density at radius 3 is 3.27 bits per heavy atom. The molecule has 0 amide bonds. The van der Waals surface area contributed by atoms with Crippen LogP contribution in [0.15, 0.2) is 42.6 Å². The summed E-state index contributed by atoms with van der Waals surface area (Å²) in [7, 11) is 0. The maximum atomic E-state index is 4.53. The predicted molar refractivity (Wildman–Crippen MR) is 62.4 cm³/mol. The van der Waals surface area contributed by atoms with Crippen molar-refractivity contribution in [1.29, 1.82) is 0 Å². The molecule has 1 radical (unpaired) electrons. The summed E-state index contributed by atoms with van der Waals surface area (Å²) in [6.07, 6.45) is 7.89. The van der Waals surface area contributed by atoms with Gasteiger partial charge in [0, 0.05) is 17.1 Å². The highest BCUT2D eigenvalue weighted by Crippen LogP contribution is 2.22. The molecular weight excluding hydrogens is 184 g/mol. The Kier molecular flexibility index (Phi) is 1.78. The SMILES string of the molecule is [c]1ccc2cc3c(nc2c1)NC=CC=C3. The second-order valence-electron chi connectivity index (χ2n) is 3.41. The van der Waals surface area contributed by atoms with Crippen molar-refractivity contribution in [2.75, 3.05) is 5.32 Å². The predicted octanol–water partition coefficient (Wildman–Crippen LogP) is 2.99. The number of allylic oxidation sites excluding steroid dienone is 2. The summed E-state index contributed by atoms with van der Waals surface area (Å²) in [6.45, 7) is 0. The van der Waals surface area contributed by atoms with Crippen LogP contribution >= 0.6 is 0 Å². The average Bonchev–Trinajstić information content (AvgIpc) is 2.50. The normalized spacial score (nSPS) is 13.3. The molecule has 1 aromatic heterocycles. The molecule has 0 aliphatic carbocycles. The molecule has 2 heterocycles. The molecule has 1 aliphatic heterocycles. The summed E-state index contributed by atoms with van der Waals surface area (Å²) >= 11 is 0. The van der Waals surface area contributed by atoms with Crippen LogP contribution in [0, 0.1) is 6.07 Å². The van der Waals surface area contributed by atoms with Crippen LogP contribution in [-0.2, 0) is 0 Å². The third-order valence-corrected chi connectivity index (χ3v) is 2.39. The molecule has 0 saturated heterocycles. The Hall–Kier alpha value is -2.09. The molecule has 0 spiro atoms. The Labute approximate surface area is 88.0 Å². The third kappa shape index (κ3) is 1.40. The molecular formula is C13H9N2. The van der Waals surface area contributed by atoms with Gasteiger partial charge in [-0.25, -0.2) is 4.98 Å². The lowest BCUT2D eigenvalue weighted by Gasteiger charge is -2.05. The lowest BCUT2D eigenvalue weighted by Crippen LogP contribution is -1.94. The van der Waals surface area contributed by atoms with E-state index >= 15 is 0 Å². The first-order valence-corrected chi connectivity index (χ1v) is 4.84. The van der Waals surface area contributed by atoms with Crippen molar-refractivity contribution >= 4 is 22.8 Å². The van der Waals surface area contributed by atoms with Crippen LogP contribution in [0.1, 0.15) is 5.56 Å². The van der Waals surface area contributed by atoms with E-state index in [1.165, 1.54) is 0 Å². The van der Waals surface area contributed by atoms with Crippen LogP contribution in [-0.4, -0.2) is 4.98 Å². The standard InChI is InChI=1S/C13H9N2/c1-2-7-12-10(5-1)9-11-6-3-4-8-14-13(11)15-12/h1,3-9H,(H,14,15). The molecule has 15 heavy (non-hydrogen) atoms. The van der Waals surface area contributed by atoms with Crippen LogP contribution in [0.3, 0.4) is 0 Å². The van der Waals surface area contributed by atoms with Gasteiger partial charge in [0.05, 0.1) is 5.52 Å². The molecule has 2 heteroatoms. The van der Waals surface area contributed by atoms with Crippen LogP contribution < -0.4 is 5.32 Å². The molecule has 2 nitrogen and oxygen atoms in total. The lowest BCUT2D eigenvalue weighted by molar-refractivity contribution is 1.36. The van der Waals surface area contributed by atoms with E-state index < -0.39 is 0 Å². The highest BCUT2D eigenvalue weighted by Gasteiger charge is 2.03. The van der Waals surface area contributed by atoms with Gasteiger partial charge in [-0.1, -0.05) is 24.3 Å². The van der Waals surface area contributed by atoms with Crippen LogP contribution in [0.5, 0.6) is 0 Å². The number of hydrogen-bond acceptors (Lipinski definition) is 2. The van der Waals surface area contributed by atoms with Gasteiger partial charge in [-0.05, 0) is 24.3 Å². The Morgan fingerprint density at radius 2 is 2.27 bits per heavy atom. The number of rotatable bonds is 0. The van der Waals surface area contributed by atoms with E-state index in [1.807, 2.05) is 36.6 Å². The second-order valence-corrected chi connectivity index (χ2v) is 3.41. The summed E-state index contributed by atoms with van der Waals surface area (Å²) in [5, 5.41) is 4.29. The van der Waals surface area contributed by atoms with Gasteiger partial charge in [-0.3, -0.25) is 0 Å². The number of fused-ring (bicyclic) bond motifs is 2. The third-order valence-electron chi connectivity index (χ3n) is 2.39. The lowest BCUT2D eigenvalue weighted by atomic mass is 10.1. The van der Waals surface area contributed by atoms with Gasteiger partial charge in [-0.15, -0.1) is 0 Å². The van der Waals surface area contributed by atoms with E-state index in [0.29, 0.717) is 0 Å². The fourth-order valence-corrected chi connectivity index (χ4v) is 1.66. The monoisotopic (exact) mass is 193 g/mol.